The number of imidazole rings is 1. The summed E-state index contributed by atoms with van der Waals surface area (Å²) >= 11 is 0. The lowest BCUT2D eigenvalue weighted by Crippen LogP contribution is -2.55. The summed E-state index contributed by atoms with van der Waals surface area (Å²) in [6.07, 6.45) is -4.10. The van der Waals surface area contributed by atoms with Gasteiger partial charge in [-0.1, -0.05) is 121 Å². The molecule has 0 aliphatic carbocycles. The molecule has 6 aromatic carbocycles. The highest BCUT2D eigenvalue weighted by molar-refractivity contribution is 6.10. The van der Waals surface area contributed by atoms with Gasteiger partial charge in [-0.15, -0.1) is 0 Å². The Morgan fingerprint density at radius 2 is 1.18 bits per heavy atom. The number of methoxy groups -OCH3 is 2. The maximum atomic E-state index is 14.0. The highest BCUT2D eigenvalue weighted by Crippen LogP contribution is 2.45. The predicted octanol–water partition coefficient (Wildman–Crippen LogP) is 7.82. The van der Waals surface area contributed by atoms with Crippen LogP contribution in [-0.4, -0.2) is 81.4 Å². The Kier molecular flexibility index (Phi) is 12.4. The quantitative estimate of drug-likeness (QED) is 0.0617. The molecule has 0 saturated carbocycles. The molecule has 0 spiro atoms. The van der Waals surface area contributed by atoms with Gasteiger partial charge in [-0.25, -0.2) is 19.7 Å². The number of aromatic nitrogens is 4. The van der Waals surface area contributed by atoms with Crippen molar-refractivity contribution in [3.05, 3.63) is 215 Å². The molecule has 0 radical (unpaired) electrons. The van der Waals surface area contributed by atoms with Crippen molar-refractivity contribution in [1.29, 1.82) is 0 Å². The molecule has 14 heteroatoms. The van der Waals surface area contributed by atoms with E-state index in [9.17, 15) is 19.5 Å². The Labute approximate surface area is 379 Å². The van der Waals surface area contributed by atoms with Gasteiger partial charge in [0.25, 0.3) is 5.91 Å². The van der Waals surface area contributed by atoms with E-state index in [4.69, 9.17) is 23.7 Å². The highest BCUT2D eigenvalue weighted by Gasteiger charge is 2.49. The molecule has 3 heterocycles. The molecule has 1 saturated heterocycles. The number of nitrogens with one attached hydrogen (secondary N) is 1. The van der Waals surface area contributed by atoms with Crippen molar-refractivity contribution in [2.24, 2.45) is 0 Å². The molecule has 9 rings (SSSR count). The maximum Gasteiger partial charge on any atom is 0.338 e. The molecule has 0 bridgehead atoms. The Balaban J connectivity index is 1.16. The predicted molar refractivity (Wildman–Crippen MR) is 243 cm³/mol. The maximum absolute atomic E-state index is 14.0. The fourth-order valence-electron chi connectivity index (χ4n) is 8.04. The van der Waals surface area contributed by atoms with Gasteiger partial charge < -0.3 is 34.1 Å². The van der Waals surface area contributed by atoms with Crippen molar-refractivity contribution in [2.45, 2.75) is 30.1 Å². The fraction of sp³-hybridized carbons (Fsp3) is 0.154. The second-order valence-corrected chi connectivity index (χ2v) is 15.3. The number of amides is 1. The van der Waals surface area contributed by atoms with Crippen molar-refractivity contribution < 1.29 is 43.2 Å². The summed E-state index contributed by atoms with van der Waals surface area (Å²) in [5.74, 6) is -0.823. The summed E-state index contributed by atoms with van der Waals surface area (Å²) in [6.45, 7) is -0.232. The molecule has 1 fully saturated rings. The van der Waals surface area contributed by atoms with E-state index in [1.807, 2.05) is 78.9 Å². The number of ether oxygens (including phenoxy) is 5. The van der Waals surface area contributed by atoms with Crippen LogP contribution in [0.3, 0.4) is 0 Å². The summed E-state index contributed by atoms with van der Waals surface area (Å²) in [6, 6.07) is 49.7. The molecule has 330 valence electrons. The van der Waals surface area contributed by atoms with Crippen LogP contribution in [0.5, 0.6) is 11.5 Å². The number of aliphatic hydroxyl groups excluding tert-OH is 1. The number of hydrogen-bond acceptors (Lipinski definition) is 12. The Morgan fingerprint density at radius 1 is 0.667 bits per heavy atom. The van der Waals surface area contributed by atoms with Gasteiger partial charge in [-0.05, 0) is 65.2 Å². The molecule has 66 heavy (non-hydrogen) atoms. The van der Waals surface area contributed by atoms with Crippen LogP contribution in [0.25, 0.3) is 11.2 Å². The standard InChI is InChI=1S/C52H43N5O9/c1-62-39-27-23-37(24-28-39)52(36-21-13-6-14-22-36,38-25-29-40(63-2)30-26-38)66-41-31-64-50(45(44(41)59)65-51(61)35-19-11-5-12-20-35)57-32-53-42-46(56-49(60)34-17-9-4-10-18-34)54-47(55-48(42)57)43(58)33-15-7-3-8-16-33/h3-30,32,41,44-45,50,59H,31H2,1-2H3,(H,54,55,56,60)/t41-,44-,45-,50?/m1/s1. The minimum Gasteiger partial charge on any atom is -0.497 e. The van der Waals surface area contributed by atoms with E-state index < -0.39 is 47.8 Å². The van der Waals surface area contributed by atoms with Crippen LogP contribution in [-0.2, 0) is 19.8 Å². The SMILES string of the molecule is COc1ccc(C(O[C@@H]2COC(n3cnc4c(NC(=O)c5ccccc5)nc(C(=O)c5ccccc5)nc43)[C@H](OC(=O)c3ccccc3)[C@@H]2O)(c2ccccc2)c2ccc(OC)cc2)cc1. The van der Waals surface area contributed by atoms with Gasteiger partial charge in [0.2, 0.25) is 11.6 Å². The molecule has 8 aromatic rings. The summed E-state index contributed by atoms with van der Waals surface area (Å²) in [5, 5.41) is 15.5. The second-order valence-electron chi connectivity index (χ2n) is 15.3. The molecular weight excluding hydrogens is 839 g/mol. The van der Waals surface area contributed by atoms with Crippen LogP contribution >= 0.6 is 0 Å². The number of aliphatic hydroxyl groups is 1. The van der Waals surface area contributed by atoms with Gasteiger partial charge in [0.1, 0.15) is 29.3 Å². The first kappa shape index (κ1) is 43.2. The van der Waals surface area contributed by atoms with Gasteiger partial charge in [0.15, 0.2) is 29.3 Å². The first-order valence-electron chi connectivity index (χ1n) is 21.1. The van der Waals surface area contributed by atoms with Gasteiger partial charge in [-0.3, -0.25) is 14.2 Å². The van der Waals surface area contributed by atoms with Crippen molar-refractivity contribution in [3.8, 4) is 11.5 Å². The molecule has 1 amide bonds. The first-order valence-corrected chi connectivity index (χ1v) is 21.1. The van der Waals surface area contributed by atoms with E-state index in [2.05, 4.69) is 20.3 Å². The first-order chi connectivity index (χ1) is 32.3. The van der Waals surface area contributed by atoms with Crippen molar-refractivity contribution in [2.75, 3.05) is 26.1 Å². The van der Waals surface area contributed by atoms with Crippen LogP contribution in [0.15, 0.2) is 176 Å². The number of fused-ring (bicyclic) bond motifs is 1. The number of nitrogens with zero attached hydrogens (tertiary/aromatic N) is 4. The minimum absolute atomic E-state index is 0.0473. The number of benzene rings is 6. The Morgan fingerprint density at radius 3 is 1.74 bits per heavy atom. The molecule has 4 atom stereocenters. The van der Waals surface area contributed by atoms with Gasteiger partial charge in [0.05, 0.1) is 32.7 Å². The fourth-order valence-corrected chi connectivity index (χ4v) is 8.04. The molecule has 2 aromatic heterocycles. The van der Waals surface area contributed by atoms with Crippen LogP contribution in [0.4, 0.5) is 5.82 Å². The number of hydrogen-bond donors (Lipinski definition) is 2. The summed E-state index contributed by atoms with van der Waals surface area (Å²) in [5.41, 5.74) is 1.77. The number of anilines is 1. The molecule has 14 nitrogen and oxygen atoms in total. The highest BCUT2D eigenvalue weighted by atomic mass is 16.6. The average molecular weight is 882 g/mol. The molecular formula is C52H43N5O9. The summed E-state index contributed by atoms with van der Waals surface area (Å²) in [7, 11) is 3.17. The number of carbonyl (C=O) groups excluding carboxylic acids is 3. The monoisotopic (exact) mass is 881 g/mol. The smallest absolute Gasteiger partial charge is 0.338 e. The molecule has 1 aliphatic rings. The van der Waals surface area contributed by atoms with Crippen LogP contribution in [0, 0.1) is 0 Å². The zero-order chi connectivity index (χ0) is 45.6. The molecule has 1 aliphatic heterocycles. The number of rotatable bonds is 14. The third-order valence-corrected chi connectivity index (χ3v) is 11.4. The molecule has 1 unspecified atom stereocenters. The third kappa shape index (κ3) is 8.51. The normalized spacial score (nSPS) is 17.1. The minimum atomic E-state index is -1.56. The van der Waals surface area contributed by atoms with E-state index in [1.54, 1.807) is 105 Å². The zero-order valence-electron chi connectivity index (χ0n) is 35.8. The summed E-state index contributed by atoms with van der Waals surface area (Å²) < 4.78 is 32.7. The van der Waals surface area contributed by atoms with E-state index in [0.29, 0.717) is 33.8 Å². The van der Waals surface area contributed by atoms with Crippen molar-refractivity contribution in [1.82, 2.24) is 19.5 Å². The lowest BCUT2D eigenvalue weighted by Gasteiger charge is -2.45. The third-order valence-electron chi connectivity index (χ3n) is 11.4. The van der Waals surface area contributed by atoms with Crippen LogP contribution < -0.4 is 14.8 Å². The van der Waals surface area contributed by atoms with Gasteiger partial charge in [-0.2, -0.15) is 0 Å². The van der Waals surface area contributed by atoms with Crippen LogP contribution in [0.2, 0.25) is 0 Å². The second kappa shape index (κ2) is 19.0. The largest absolute Gasteiger partial charge is 0.497 e. The average Bonchev–Trinajstić information content (AvgIpc) is 3.81. The van der Waals surface area contributed by atoms with Gasteiger partial charge in [0, 0.05) is 11.1 Å². The van der Waals surface area contributed by atoms with E-state index in [0.717, 1.165) is 5.56 Å². The topological polar surface area (TPSA) is 173 Å². The van der Waals surface area contributed by atoms with Crippen molar-refractivity contribution >= 4 is 34.6 Å². The lowest BCUT2D eigenvalue weighted by molar-refractivity contribution is -0.239. The lowest BCUT2D eigenvalue weighted by atomic mass is 9.79. The molecule has 2 N–H and O–H groups in total. The number of esters is 1. The Hall–Kier alpha value is -8.04. The van der Waals surface area contributed by atoms with E-state index in [1.165, 1.54) is 10.9 Å². The summed E-state index contributed by atoms with van der Waals surface area (Å²) in [4.78, 5) is 55.4. The van der Waals surface area contributed by atoms with Crippen molar-refractivity contribution in [3.63, 3.8) is 0 Å². The zero-order valence-corrected chi connectivity index (χ0v) is 35.8. The number of ketones is 1. The van der Waals surface area contributed by atoms with Gasteiger partial charge >= 0.3 is 5.97 Å². The van der Waals surface area contributed by atoms with E-state index in [-0.39, 0.29) is 35.0 Å². The van der Waals surface area contributed by atoms with E-state index >= 15 is 0 Å². The number of carbonyl (C=O) groups is 3. The Bertz CT molecular complexity index is 2910. The van der Waals surface area contributed by atoms with Crippen LogP contribution in [0.1, 0.15) is 59.8 Å².